The summed E-state index contributed by atoms with van der Waals surface area (Å²) in [4.78, 5) is 2.06. The van der Waals surface area contributed by atoms with Crippen molar-refractivity contribution in [3.63, 3.8) is 0 Å². The molecule has 0 radical (unpaired) electrons. The van der Waals surface area contributed by atoms with E-state index in [9.17, 15) is 16.8 Å². The highest BCUT2D eigenvalue weighted by molar-refractivity contribution is 7.89. The largest absolute Gasteiger partial charge is 0.378 e. The van der Waals surface area contributed by atoms with E-state index < -0.39 is 20.0 Å². The molecule has 1 N–H and O–H groups in total. The second-order valence-corrected chi connectivity index (χ2v) is 10.2. The number of sulfonamides is 2. The van der Waals surface area contributed by atoms with Crippen LogP contribution in [0.5, 0.6) is 0 Å². The SMILES string of the molecule is CCN(CC)S(=O)(=O)c1ccc(S(=O)(=O)NCc2ccc(N(C)C)cc2)cc1. The smallest absolute Gasteiger partial charge is 0.243 e. The van der Waals surface area contributed by atoms with Crippen LogP contribution in [-0.4, -0.2) is 48.3 Å². The van der Waals surface area contributed by atoms with Crippen molar-refractivity contribution in [1.82, 2.24) is 9.03 Å². The molecule has 2 aromatic rings. The predicted octanol–water partition coefficient (Wildman–Crippen LogP) is 2.26. The zero-order valence-corrected chi connectivity index (χ0v) is 18.2. The monoisotopic (exact) mass is 425 g/mol. The van der Waals surface area contributed by atoms with Crippen LogP contribution in [0, 0.1) is 0 Å². The van der Waals surface area contributed by atoms with Crippen LogP contribution in [0.25, 0.3) is 0 Å². The lowest BCUT2D eigenvalue weighted by Crippen LogP contribution is -2.30. The Bertz CT molecular complexity index is 980. The molecule has 28 heavy (non-hydrogen) atoms. The second kappa shape index (κ2) is 9.04. The van der Waals surface area contributed by atoms with Gasteiger partial charge in [0, 0.05) is 39.4 Å². The van der Waals surface area contributed by atoms with Crippen molar-refractivity contribution in [2.45, 2.75) is 30.2 Å². The molecular weight excluding hydrogens is 398 g/mol. The van der Waals surface area contributed by atoms with Crippen LogP contribution in [0.15, 0.2) is 58.3 Å². The van der Waals surface area contributed by atoms with Gasteiger partial charge in [0.05, 0.1) is 9.79 Å². The normalized spacial score (nSPS) is 12.3. The summed E-state index contributed by atoms with van der Waals surface area (Å²) in [6.45, 7) is 4.37. The Morgan fingerprint density at radius 2 is 1.29 bits per heavy atom. The average molecular weight is 426 g/mol. The average Bonchev–Trinajstić information content (AvgIpc) is 2.67. The van der Waals surface area contributed by atoms with E-state index >= 15 is 0 Å². The van der Waals surface area contributed by atoms with E-state index in [-0.39, 0.29) is 16.3 Å². The number of anilines is 1. The Labute approximate surface area is 168 Å². The molecule has 9 heteroatoms. The van der Waals surface area contributed by atoms with E-state index in [1.165, 1.54) is 28.6 Å². The summed E-state index contributed by atoms with van der Waals surface area (Å²) in [6, 6.07) is 12.8. The van der Waals surface area contributed by atoms with Gasteiger partial charge in [-0.25, -0.2) is 21.6 Å². The fourth-order valence-corrected chi connectivity index (χ4v) is 5.15. The van der Waals surface area contributed by atoms with Gasteiger partial charge in [-0.3, -0.25) is 0 Å². The summed E-state index contributed by atoms with van der Waals surface area (Å²) >= 11 is 0. The van der Waals surface area contributed by atoms with Crippen molar-refractivity contribution in [2.24, 2.45) is 0 Å². The van der Waals surface area contributed by atoms with E-state index in [0.29, 0.717) is 13.1 Å². The molecule has 0 atom stereocenters. The first-order valence-electron chi connectivity index (χ1n) is 8.98. The molecule has 0 aliphatic carbocycles. The Morgan fingerprint density at radius 3 is 1.75 bits per heavy atom. The van der Waals surface area contributed by atoms with Crippen LogP contribution >= 0.6 is 0 Å². The number of benzene rings is 2. The van der Waals surface area contributed by atoms with Gasteiger partial charge in [-0.05, 0) is 42.0 Å². The molecule has 2 rings (SSSR count). The molecular formula is C19H27N3O4S2. The number of nitrogens with zero attached hydrogens (tertiary/aromatic N) is 2. The molecule has 0 aromatic heterocycles. The van der Waals surface area contributed by atoms with Crippen LogP contribution in [0.2, 0.25) is 0 Å². The molecule has 0 aliphatic heterocycles. The topological polar surface area (TPSA) is 86.8 Å². The van der Waals surface area contributed by atoms with Gasteiger partial charge in [0.1, 0.15) is 0 Å². The highest BCUT2D eigenvalue weighted by Crippen LogP contribution is 2.19. The van der Waals surface area contributed by atoms with Crippen molar-refractivity contribution in [1.29, 1.82) is 0 Å². The third-order valence-corrected chi connectivity index (χ3v) is 7.88. The maximum Gasteiger partial charge on any atom is 0.243 e. The molecule has 7 nitrogen and oxygen atoms in total. The Balaban J connectivity index is 2.13. The zero-order chi connectivity index (χ0) is 20.9. The molecule has 0 saturated heterocycles. The van der Waals surface area contributed by atoms with Gasteiger partial charge < -0.3 is 4.90 Å². The van der Waals surface area contributed by atoms with Gasteiger partial charge in [-0.1, -0.05) is 26.0 Å². The summed E-state index contributed by atoms with van der Waals surface area (Å²) in [7, 11) is -3.50. The quantitative estimate of drug-likeness (QED) is 0.666. The lowest BCUT2D eigenvalue weighted by atomic mass is 10.2. The van der Waals surface area contributed by atoms with Crippen molar-refractivity contribution in [3.05, 3.63) is 54.1 Å². The third-order valence-electron chi connectivity index (χ3n) is 4.40. The molecule has 0 fully saturated rings. The summed E-state index contributed by atoms with van der Waals surface area (Å²) in [5.41, 5.74) is 1.85. The summed E-state index contributed by atoms with van der Waals surface area (Å²) in [5.74, 6) is 0. The van der Waals surface area contributed by atoms with Crippen molar-refractivity contribution >= 4 is 25.7 Å². The molecule has 0 heterocycles. The van der Waals surface area contributed by atoms with Crippen LogP contribution in [0.4, 0.5) is 5.69 Å². The lowest BCUT2D eigenvalue weighted by molar-refractivity contribution is 0.445. The molecule has 154 valence electrons. The van der Waals surface area contributed by atoms with Gasteiger partial charge in [0.15, 0.2) is 0 Å². The van der Waals surface area contributed by atoms with E-state index in [4.69, 9.17) is 0 Å². The molecule has 0 spiro atoms. The molecule has 0 amide bonds. The Morgan fingerprint density at radius 1 is 0.786 bits per heavy atom. The van der Waals surface area contributed by atoms with E-state index in [1.54, 1.807) is 13.8 Å². The molecule has 0 bridgehead atoms. The second-order valence-electron chi connectivity index (χ2n) is 6.45. The van der Waals surface area contributed by atoms with Crippen LogP contribution in [0.3, 0.4) is 0 Å². The summed E-state index contributed by atoms with van der Waals surface area (Å²) in [5, 5.41) is 0. The summed E-state index contributed by atoms with van der Waals surface area (Å²) in [6.07, 6.45) is 0. The van der Waals surface area contributed by atoms with Gasteiger partial charge >= 0.3 is 0 Å². The number of nitrogens with one attached hydrogen (secondary N) is 1. The maximum absolute atomic E-state index is 12.5. The Kier molecular flexibility index (Phi) is 7.22. The van der Waals surface area contributed by atoms with Crippen LogP contribution in [-0.2, 0) is 26.6 Å². The van der Waals surface area contributed by atoms with Gasteiger partial charge in [-0.15, -0.1) is 0 Å². The van der Waals surface area contributed by atoms with Gasteiger partial charge in [0.2, 0.25) is 20.0 Å². The van der Waals surface area contributed by atoms with E-state index in [2.05, 4.69) is 4.72 Å². The fraction of sp³-hybridized carbons (Fsp3) is 0.368. The van der Waals surface area contributed by atoms with E-state index in [0.717, 1.165) is 11.3 Å². The van der Waals surface area contributed by atoms with Crippen molar-refractivity contribution < 1.29 is 16.8 Å². The molecule has 0 aliphatic rings. The van der Waals surface area contributed by atoms with E-state index in [1.807, 2.05) is 43.3 Å². The minimum Gasteiger partial charge on any atom is -0.378 e. The van der Waals surface area contributed by atoms with Crippen molar-refractivity contribution in [3.8, 4) is 0 Å². The Hall–Kier alpha value is -1.94. The summed E-state index contributed by atoms with van der Waals surface area (Å²) < 4.78 is 53.9. The van der Waals surface area contributed by atoms with Crippen LogP contribution in [0.1, 0.15) is 19.4 Å². The fourth-order valence-electron chi connectivity index (χ4n) is 2.68. The lowest BCUT2D eigenvalue weighted by Gasteiger charge is -2.18. The molecule has 2 aromatic carbocycles. The van der Waals surface area contributed by atoms with Gasteiger partial charge in [-0.2, -0.15) is 4.31 Å². The third kappa shape index (κ3) is 5.11. The molecule has 0 saturated carbocycles. The first-order valence-corrected chi connectivity index (χ1v) is 11.9. The molecule has 0 unspecified atom stereocenters. The number of hydrogen-bond donors (Lipinski definition) is 1. The minimum atomic E-state index is -3.75. The van der Waals surface area contributed by atoms with Gasteiger partial charge in [0.25, 0.3) is 0 Å². The van der Waals surface area contributed by atoms with Crippen LogP contribution < -0.4 is 9.62 Å². The minimum absolute atomic E-state index is 0.0240. The number of rotatable bonds is 9. The standard InChI is InChI=1S/C19H27N3O4S2/c1-5-22(6-2)28(25,26)19-13-11-18(12-14-19)27(23,24)20-15-16-7-9-17(10-8-16)21(3)4/h7-14,20H,5-6,15H2,1-4H3. The highest BCUT2D eigenvalue weighted by atomic mass is 32.2. The maximum atomic E-state index is 12.5. The first-order chi connectivity index (χ1) is 13.1. The predicted molar refractivity (Wildman–Crippen MR) is 111 cm³/mol. The first kappa shape index (κ1) is 22.4. The van der Waals surface area contributed by atoms with Crippen molar-refractivity contribution in [2.75, 3.05) is 32.1 Å². The number of hydrogen-bond acceptors (Lipinski definition) is 5. The highest BCUT2D eigenvalue weighted by Gasteiger charge is 2.22. The zero-order valence-electron chi connectivity index (χ0n) is 16.6.